The van der Waals surface area contributed by atoms with Crippen molar-refractivity contribution in [1.82, 2.24) is 0 Å². The smallest absolute Gasteiger partial charge is 0.124 e. The molecule has 0 fully saturated rings. The van der Waals surface area contributed by atoms with Gasteiger partial charge in [-0.3, -0.25) is 9.98 Å². The number of nitrogens with zero attached hydrogens (tertiary/aromatic N) is 2. The van der Waals surface area contributed by atoms with Crippen molar-refractivity contribution in [2.75, 3.05) is 0 Å². The van der Waals surface area contributed by atoms with Gasteiger partial charge in [-0.05, 0) is 50.2 Å². The number of hydrogen-bond donors (Lipinski definition) is 2. The molecule has 0 saturated heterocycles. The van der Waals surface area contributed by atoms with Gasteiger partial charge in [0.15, 0.2) is 0 Å². The Bertz CT molecular complexity index is 1220. The van der Waals surface area contributed by atoms with Crippen molar-refractivity contribution < 1.29 is 10.2 Å². The molecule has 2 N–H and O–H groups in total. The SMILES string of the molecule is Cc1ccc(O)c(C=Nc2ccccc2-c2ccccc2N=Cc2cc(C)ccc2O)c1. The number of benzene rings is 4. The molecule has 0 saturated carbocycles. The molecule has 4 nitrogen and oxygen atoms in total. The fraction of sp³-hybridized carbons (Fsp3) is 0.0714. The van der Waals surface area contributed by atoms with Crippen LogP contribution in [0.4, 0.5) is 11.4 Å². The van der Waals surface area contributed by atoms with E-state index in [0.717, 1.165) is 33.6 Å². The van der Waals surface area contributed by atoms with Crippen molar-refractivity contribution in [3.8, 4) is 22.6 Å². The third-order valence-corrected chi connectivity index (χ3v) is 5.15. The van der Waals surface area contributed by atoms with Crippen molar-refractivity contribution in [2.24, 2.45) is 9.98 Å². The van der Waals surface area contributed by atoms with Gasteiger partial charge in [0.25, 0.3) is 0 Å². The topological polar surface area (TPSA) is 65.2 Å². The molecular weight excluding hydrogens is 396 g/mol. The maximum atomic E-state index is 10.1. The van der Waals surface area contributed by atoms with Gasteiger partial charge in [0.05, 0.1) is 11.4 Å². The van der Waals surface area contributed by atoms with Gasteiger partial charge in [-0.25, -0.2) is 0 Å². The van der Waals surface area contributed by atoms with Crippen LogP contribution in [0.15, 0.2) is 94.9 Å². The average molecular weight is 421 g/mol. The van der Waals surface area contributed by atoms with Crippen molar-refractivity contribution in [3.05, 3.63) is 107 Å². The summed E-state index contributed by atoms with van der Waals surface area (Å²) in [5.74, 6) is 0.389. The minimum Gasteiger partial charge on any atom is -0.507 e. The number of hydrogen-bond acceptors (Lipinski definition) is 4. The quantitative estimate of drug-likeness (QED) is 0.346. The zero-order valence-corrected chi connectivity index (χ0v) is 18.0. The van der Waals surface area contributed by atoms with Crippen LogP contribution in [0.2, 0.25) is 0 Å². The van der Waals surface area contributed by atoms with Gasteiger partial charge >= 0.3 is 0 Å². The van der Waals surface area contributed by atoms with Gasteiger partial charge < -0.3 is 10.2 Å². The van der Waals surface area contributed by atoms with Gasteiger partial charge in [-0.1, -0.05) is 59.7 Å². The molecular formula is C28H24N2O2. The lowest BCUT2D eigenvalue weighted by Crippen LogP contribution is -1.86. The maximum Gasteiger partial charge on any atom is 0.124 e. The first-order valence-electron chi connectivity index (χ1n) is 10.4. The molecule has 0 aliphatic carbocycles. The molecule has 4 rings (SSSR count). The molecule has 0 bridgehead atoms. The first-order valence-corrected chi connectivity index (χ1v) is 10.4. The van der Waals surface area contributed by atoms with Crippen LogP contribution in [0.25, 0.3) is 11.1 Å². The summed E-state index contributed by atoms with van der Waals surface area (Å²) in [7, 11) is 0. The fourth-order valence-corrected chi connectivity index (χ4v) is 3.46. The van der Waals surface area contributed by atoms with Gasteiger partial charge in [0.1, 0.15) is 11.5 Å². The number of para-hydroxylation sites is 2. The second kappa shape index (κ2) is 9.31. The molecule has 4 heteroatoms. The number of rotatable bonds is 5. The maximum absolute atomic E-state index is 10.1. The van der Waals surface area contributed by atoms with Crippen LogP contribution in [-0.2, 0) is 0 Å². The van der Waals surface area contributed by atoms with E-state index in [2.05, 4.69) is 9.98 Å². The standard InChI is InChI=1S/C28H24N2O2/c1-19-11-13-27(31)21(15-19)17-29-25-9-5-3-7-23(25)24-8-4-6-10-26(24)30-18-22-16-20(2)12-14-28(22)32/h3-18,31-32H,1-2H3. The molecule has 0 unspecified atom stereocenters. The fourth-order valence-electron chi connectivity index (χ4n) is 3.46. The lowest BCUT2D eigenvalue weighted by atomic mass is 10.0. The number of aliphatic imine (C=N–C) groups is 2. The molecule has 0 spiro atoms. The molecule has 0 heterocycles. The van der Waals surface area contributed by atoms with Crippen molar-refractivity contribution >= 4 is 23.8 Å². The summed E-state index contributed by atoms with van der Waals surface area (Å²) >= 11 is 0. The lowest BCUT2D eigenvalue weighted by molar-refractivity contribution is 0.474. The first-order chi connectivity index (χ1) is 15.5. The van der Waals surface area contributed by atoms with E-state index < -0.39 is 0 Å². The van der Waals surface area contributed by atoms with Crippen molar-refractivity contribution in [2.45, 2.75) is 13.8 Å². The van der Waals surface area contributed by atoms with Crippen molar-refractivity contribution in [3.63, 3.8) is 0 Å². The van der Waals surface area contributed by atoms with Gasteiger partial charge in [-0.15, -0.1) is 0 Å². The predicted octanol–water partition coefficient (Wildman–Crippen LogP) is 6.88. The highest BCUT2D eigenvalue weighted by Crippen LogP contribution is 2.36. The molecule has 32 heavy (non-hydrogen) atoms. The van der Waals surface area contributed by atoms with Crippen LogP contribution in [0.3, 0.4) is 0 Å². The Morgan fingerprint density at radius 3 is 1.41 bits per heavy atom. The highest BCUT2D eigenvalue weighted by atomic mass is 16.3. The number of phenolic OH excluding ortho intramolecular Hbond substituents is 2. The van der Waals surface area contributed by atoms with Crippen LogP contribution >= 0.6 is 0 Å². The second-order valence-electron chi connectivity index (χ2n) is 7.68. The predicted molar refractivity (Wildman–Crippen MR) is 132 cm³/mol. The minimum absolute atomic E-state index is 0.194. The Morgan fingerprint density at radius 1 is 0.562 bits per heavy atom. The van der Waals surface area contributed by atoms with E-state index in [9.17, 15) is 10.2 Å². The highest BCUT2D eigenvalue weighted by Gasteiger charge is 2.09. The zero-order chi connectivity index (χ0) is 22.5. The van der Waals surface area contributed by atoms with E-state index in [1.165, 1.54) is 0 Å². The van der Waals surface area contributed by atoms with E-state index in [0.29, 0.717) is 11.1 Å². The molecule has 158 valence electrons. The molecule has 0 aliphatic heterocycles. The number of phenols is 2. The van der Waals surface area contributed by atoms with Crippen LogP contribution < -0.4 is 0 Å². The molecule has 0 aliphatic rings. The normalized spacial score (nSPS) is 11.4. The third kappa shape index (κ3) is 4.76. The monoisotopic (exact) mass is 420 g/mol. The van der Waals surface area contributed by atoms with Gasteiger partial charge in [0, 0.05) is 34.7 Å². The summed E-state index contributed by atoms with van der Waals surface area (Å²) in [5.41, 5.74) is 6.84. The van der Waals surface area contributed by atoms with Crippen LogP contribution in [0, 0.1) is 13.8 Å². The molecule has 0 atom stereocenters. The summed E-state index contributed by atoms with van der Waals surface area (Å²) in [6, 6.07) is 26.5. The highest BCUT2D eigenvalue weighted by molar-refractivity contribution is 5.92. The Labute approximate surface area is 187 Å². The molecule has 0 radical (unpaired) electrons. The van der Waals surface area contributed by atoms with E-state index in [4.69, 9.17) is 0 Å². The molecule has 0 aromatic heterocycles. The summed E-state index contributed by atoms with van der Waals surface area (Å²) < 4.78 is 0. The van der Waals surface area contributed by atoms with E-state index >= 15 is 0 Å². The summed E-state index contributed by atoms with van der Waals surface area (Å²) in [5, 5.41) is 20.3. The first kappa shape index (κ1) is 21.1. The van der Waals surface area contributed by atoms with Crippen LogP contribution in [0.5, 0.6) is 11.5 Å². The molecule has 0 amide bonds. The second-order valence-corrected chi connectivity index (χ2v) is 7.68. The van der Waals surface area contributed by atoms with Gasteiger partial charge in [0.2, 0.25) is 0 Å². The average Bonchev–Trinajstić information content (AvgIpc) is 2.81. The third-order valence-electron chi connectivity index (χ3n) is 5.15. The Morgan fingerprint density at radius 2 is 0.969 bits per heavy atom. The number of aromatic hydroxyl groups is 2. The van der Waals surface area contributed by atoms with Crippen LogP contribution in [0.1, 0.15) is 22.3 Å². The lowest BCUT2D eigenvalue weighted by Gasteiger charge is -2.09. The Hall–Kier alpha value is -4.18. The van der Waals surface area contributed by atoms with Crippen LogP contribution in [-0.4, -0.2) is 22.6 Å². The Kier molecular flexibility index (Phi) is 6.13. The summed E-state index contributed by atoms with van der Waals surface area (Å²) in [6.45, 7) is 3.95. The van der Waals surface area contributed by atoms with Gasteiger partial charge in [-0.2, -0.15) is 0 Å². The zero-order valence-electron chi connectivity index (χ0n) is 18.0. The van der Waals surface area contributed by atoms with E-state index in [-0.39, 0.29) is 11.5 Å². The van der Waals surface area contributed by atoms with E-state index in [1.54, 1.807) is 24.6 Å². The van der Waals surface area contributed by atoms with E-state index in [1.807, 2.05) is 86.6 Å². The molecule has 4 aromatic rings. The summed E-state index contributed by atoms with van der Waals surface area (Å²) in [6.07, 6.45) is 3.36. The Balaban J connectivity index is 1.73. The number of aryl methyl sites for hydroxylation is 2. The largest absolute Gasteiger partial charge is 0.507 e. The summed E-state index contributed by atoms with van der Waals surface area (Å²) in [4.78, 5) is 9.33. The van der Waals surface area contributed by atoms with Crippen molar-refractivity contribution in [1.29, 1.82) is 0 Å². The minimum atomic E-state index is 0.194. The molecule has 4 aromatic carbocycles.